The molecule has 19 heavy (non-hydrogen) atoms. The Balaban J connectivity index is 2.03. The average Bonchev–Trinajstić information content (AvgIpc) is 2.36. The molecule has 0 aromatic heterocycles. The van der Waals surface area contributed by atoms with Crippen LogP contribution in [0.5, 0.6) is 0 Å². The second-order valence-corrected chi connectivity index (χ2v) is 5.22. The molecule has 0 radical (unpaired) electrons. The normalized spacial score (nSPS) is 10.5. The molecule has 2 rings (SSSR count). The molecule has 0 aliphatic rings. The molecule has 2 aromatic rings. The van der Waals surface area contributed by atoms with E-state index in [1.54, 1.807) is 0 Å². The standard InChI is InChI=1S/C17H22N2/c1-13-5-4-6-15(11-13)9-10-19(3)17-8-7-14(2)12-16(17)18/h4-8,11-12H,9-10,18H2,1-3H3. The highest BCUT2D eigenvalue weighted by Crippen LogP contribution is 2.23. The summed E-state index contributed by atoms with van der Waals surface area (Å²) in [7, 11) is 2.09. The van der Waals surface area contributed by atoms with Crippen LogP contribution < -0.4 is 10.6 Å². The third-order valence-corrected chi connectivity index (χ3v) is 3.41. The van der Waals surface area contributed by atoms with Gasteiger partial charge in [-0.05, 0) is 43.5 Å². The molecule has 0 unspecified atom stereocenters. The summed E-state index contributed by atoms with van der Waals surface area (Å²) in [4.78, 5) is 2.22. The van der Waals surface area contributed by atoms with Crippen molar-refractivity contribution in [3.8, 4) is 0 Å². The zero-order chi connectivity index (χ0) is 13.8. The van der Waals surface area contributed by atoms with Crippen molar-refractivity contribution in [3.63, 3.8) is 0 Å². The lowest BCUT2D eigenvalue weighted by Crippen LogP contribution is -2.21. The number of nitrogens with two attached hydrogens (primary N) is 1. The fourth-order valence-corrected chi connectivity index (χ4v) is 2.31. The molecular weight excluding hydrogens is 232 g/mol. The quantitative estimate of drug-likeness (QED) is 0.845. The van der Waals surface area contributed by atoms with Crippen LogP contribution in [0, 0.1) is 13.8 Å². The SMILES string of the molecule is Cc1cccc(CCN(C)c2ccc(C)cc2N)c1. The first-order chi connectivity index (χ1) is 9.06. The number of hydrogen-bond acceptors (Lipinski definition) is 2. The molecule has 0 atom stereocenters. The molecule has 2 heteroatoms. The molecule has 0 fully saturated rings. The van der Waals surface area contributed by atoms with E-state index in [1.165, 1.54) is 16.7 Å². The fourth-order valence-electron chi connectivity index (χ4n) is 2.31. The highest BCUT2D eigenvalue weighted by atomic mass is 15.1. The second-order valence-electron chi connectivity index (χ2n) is 5.22. The number of nitrogen functional groups attached to an aromatic ring is 1. The zero-order valence-electron chi connectivity index (χ0n) is 12.0. The van der Waals surface area contributed by atoms with Gasteiger partial charge in [0, 0.05) is 13.6 Å². The van der Waals surface area contributed by atoms with Crippen LogP contribution in [0.15, 0.2) is 42.5 Å². The Morgan fingerprint density at radius 3 is 2.42 bits per heavy atom. The Morgan fingerprint density at radius 1 is 1.00 bits per heavy atom. The van der Waals surface area contributed by atoms with Gasteiger partial charge >= 0.3 is 0 Å². The molecule has 0 aliphatic carbocycles. The predicted octanol–water partition coefficient (Wildman–Crippen LogP) is 3.56. The van der Waals surface area contributed by atoms with E-state index in [-0.39, 0.29) is 0 Å². The number of hydrogen-bond donors (Lipinski definition) is 1. The van der Waals surface area contributed by atoms with Gasteiger partial charge in [-0.1, -0.05) is 35.9 Å². The van der Waals surface area contributed by atoms with E-state index >= 15 is 0 Å². The molecule has 0 saturated carbocycles. The maximum Gasteiger partial charge on any atom is 0.0597 e. The summed E-state index contributed by atoms with van der Waals surface area (Å²) in [6, 6.07) is 14.9. The van der Waals surface area contributed by atoms with Gasteiger partial charge in [0.25, 0.3) is 0 Å². The van der Waals surface area contributed by atoms with E-state index in [0.717, 1.165) is 24.3 Å². The lowest BCUT2D eigenvalue weighted by atomic mass is 10.1. The maximum atomic E-state index is 6.07. The number of likely N-dealkylation sites (N-methyl/N-ethyl adjacent to an activating group) is 1. The third-order valence-electron chi connectivity index (χ3n) is 3.41. The highest BCUT2D eigenvalue weighted by molar-refractivity contribution is 5.68. The van der Waals surface area contributed by atoms with Crippen LogP contribution in [0.2, 0.25) is 0 Å². The molecule has 0 aliphatic heterocycles. The van der Waals surface area contributed by atoms with E-state index < -0.39 is 0 Å². The Labute approximate surface area is 115 Å². The minimum Gasteiger partial charge on any atom is -0.397 e. The number of rotatable bonds is 4. The van der Waals surface area contributed by atoms with E-state index in [4.69, 9.17) is 5.73 Å². The second kappa shape index (κ2) is 5.79. The number of aryl methyl sites for hydroxylation is 2. The van der Waals surface area contributed by atoms with Gasteiger partial charge in [0.1, 0.15) is 0 Å². The van der Waals surface area contributed by atoms with Gasteiger partial charge < -0.3 is 10.6 Å². The smallest absolute Gasteiger partial charge is 0.0597 e. The van der Waals surface area contributed by atoms with Crippen molar-refractivity contribution in [1.82, 2.24) is 0 Å². The van der Waals surface area contributed by atoms with E-state index in [2.05, 4.69) is 62.2 Å². The molecule has 0 spiro atoms. The van der Waals surface area contributed by atoms with E-state index in [0.29, 0.717) is 0 Å². The number of nitrogens with zero attached hydrogens (tertiary/aromatic N) is 1. The topological polar surface area (TPSA) is 29.3 Å². The van der Waals surface area contributed by atoms with Crippen LogP contribution >= 0.6 is 0 Å². The predicted molar refractivity (Wildman–Crippen MR) is 83.7 cm³/mol. The lowest BCUT2D eigenvalue weighted by molar-refractivity contribution is 0.877. The van der Waals surface area contributed by atoms with E-state index in [9.17, 15) is 0 Å². The first-order valence-electron chi connectivity index (χ1n) is 6.69. The van der Waals surface area contributed by atoms with Crippen molar-refractivity contribution in [2.45, 2.75) is 20.3 Å². The Kier molecular flexibility index (Phi) is 4.10. The van der Waals surface area contributed by atoms with Crippen LogP contribution in [0.3, 0.4) is 0 Å². The van der Waals surface area contributed by atoms with Crippen LogP contribution in [0.4, 0.5) is 11.4 Å². The third kappa shape index (κ3) is 3.50. The van der Waals surface area contributed by atoms with Gasteiger partial charge in [-0.2, -0.15) is 0 Å². The summed E-state index contributed by atoms with van der Waals surface area (Å²) < 4.78 is 0. The summed E-state index contributed by atoms with van der Waals surface area (Å²) in [6.45, 7) is 5.16. The highest BCUT2D eigenvalue weighted by Gasteiger charge is 2.05. The zero-order valence-corrected chi connectivity index (χ0v) is 12.0. The summed E-state index contributed by atoms with van der Waals surface area (Å²) in [5, 5.41) is 0. The maximum absolute atomic E-state index is 6.07. The summed E-state index contributed by atoms with van der Waals surface area (Å²) >= 11 is 0. The van der Waals surface area contributed by atoms with Crippen molar-refractivity contribution in [2.24, 2.45) is 0 Å². The fraction of sp³-hybridized carbons (Fsp3) is 0.294. The summed E-state index contributed by atoms with van der Waals surface area (Å²) in [6.07, 6.45) is 1.03. The first-order valence-corrected chi connectivity index (χ1v) is 6.69. The van der Waals surface area contributed by atoms with Crippen LogP contribution in [0.1, 0.15) is 16.7 Å². The first kappa shape index (κ1) is 13.5. The van der Waals surface area contributed by atoms with Crippen molar-refractivity contribution in [1.29, 1.82) is 0 Å². The molecule has 2 nitrogen and oxygen atoms in total. The van der Waals surface area contributed by atoms with Crippen molar-refractivity contribution >= 4 is 11.4 Å². The minimum absolute atomic E-state index is 0.853. The molecule has 2 aromatic carbocycles. The summed E-state index contributed by atoms with van der Waals surface area (Å²) in [5.41, 5.74) is 11.9. The van der Waals surface area contributed by atoms with Crippen LogP contribution in [-0.2, 0) is 6.42 Å². The molecule has 100 valence electrons. The Bertz CT molecular complexity index is 561. The minimum atomic E-state index is 0.853. The van der Waals surface area contributed by atoms with Gasteiger partial charge in [0.05, 0.1) is 11.4 Å². The van der Waals surface area contributed by atoms with Crippen LogP contribution in [0.25, 0.3) is 0 Å². The average molecular weight is 254 g/mol. The number of benzene rings is 2. The van der Waals surface area contributed by atoms with Gasteiger partial charge in [-0.25, -0.2) is 0 Å². The van der Waals surface area contributed by atoms with Crippen molar-refractivity contribution < 1.29 is 0 Å². The van der Waals surface area contributed by atoms with Gasteiger partial charge in [-0.15, -0.1) is 0 Å². The van der Waals surface area contributed by atoms with Gasteiger partial charge in [0.15, 0.2) is 0 Å². The molecule has 0 heterocycles. The monoisotopic (exact) mass is 254 g/mol. The molecule has 2 N–H and O–H groups in total. The molecular formula is C17H22N2. The van der Waals surface area contributed by atoms with Gasteiger partial charge in [-0.3, -0.25) is 0 Å². The van der Waals surface area contributed by atoms with E-state index in [1.807, 2.05) is 6.07 Å². The van der Waals surface area contributed by atoms with Crippen molar-refractivity contribution in [2.75, 3.05) is 24.2 Å². The van der Waals surface area contributed by atoms with Gasteiger partial charge in [0.2, 0.25) is 0 Å². The molecule has 0 amide bonds. The van der Waals surface area contributed by atoms with Crippen molar-refractivity contribution in [3.05, 3.63) is 59.2 Å². The largest absolute Gasteiger partial charge is 0.397 e. The lowest BCUT2D eigenvalue weighted by Gasteiger charge is -2.21. The van der Waals surface area contributed by atoms with Crippen LogP contribution in [-0.4, -0.2) is 13.6 Å². The molecule has 0 saturated heterocycles. The molecule has 0 bridgehead atoms. The Hall–Kier alpha value is -1.96. The number of anilines is 2. The Morgan fingerprint density at radius 2 is 1.74 bits per heavy atom. The summed E-state index contributed by atoms with van der Waals surface area (Å²) in [5.74, 6) is 0.